The zero-order chi connectivity index (χ0) is 18.5. The van der Waals surface area contributed by atoms with Crippen molar-refractivity contribution in [2.75, 3.05) is 0 Å². The first-order valence-electron chi connectivity index (χ1n) is 10.8. The number of fused-ring (bicyclic) bond motifs is 6. The maximum absolute atomic E-state index is 2.46. The van der Waals surface area contributed by atoms with Gasteiger partial charge in [-0.2, -0.15) is 0 Å². The highest BCUT2D eigenvalue weighted by atomic mass is 14.4. The maximum atomic E-state index is 2.46. The average Bonchev–Trinajstić information content (AvgIpc) is 3.26. The average molecular weight is 363 g/mol. The van der Waals surface area contributed by atoms with E-state index in [0.29, 0.717) is 35.5 Å². The Kier molecular flexibility index (Phi) is 3.79. The molecule has 2 aromatic rings. The fourth-order valence-corrected chi connectivity index (χ4v) is 6.41. The zero-order valence-corrected chi connectivity index (χ0v) is 16.1. The van der Waals surface area contributed by atoms with E-state index in [4.69, 9.17) is 0 Å². The second-order valence-electron chi connectivity index (χ2n) is 8.79. The molecule has 4 aliphatic carbocycles. The molecule has 0 fully saturated rings. The molecule has 2 aromatic carbocycles. The Morgan fingerprint density at radius 1 is 0.464 bits per heavy atom. The third kappa shape index (κ3) is 2.37. The van der Waals surface area contributed by atoms with Gasteiger partial charge in [-0.05, 0) is 58.8 Å². The normalized spacial score (nSPS) is 33.4. The second kappa shape index (κ2) is 6.48. The molecular formula is C28H26. The van der Waals surface area contributed by atoms with Crippen molar-refractivity contribution < 1.29 is 0 Å². The Hall–Kier alpha value is -2.60. The molecule has 138 valence electrons. The molecule has 6 rings (SSSR count). The van der Waals surface area contributed by atoms with Gasteiger partial charge in [0.2, 0.25) is 0 Å². The van der Waals surface area contributed by atoms with Gasteiger partial charge in [-0.3, -0.25) is 0 Å². The predicted octanol–water partition coefficient (Wildman–Crippen LogP) is 7.01. The molecule has 0 heterocycles. The lowest BCUT2D eigenvalue weighted by Gasteiger charge is -2.27. The lowest BCUT2D eigenvalue weighted by Crippen LogP contribution is -2.14. The molecule has 0 radical (unpaired) electrons. The van der Waals surface area contributed by atoms with Gasteiger partial charge in [-0.15, -0.1) is 0 Å². The van der Waals surface area contributed by atoms with E-state index < -0.39 is 0 Å². The number of allylic oxidation sites excluding steroid dienone is 8. The topological polar surface area (TPSA) is 0 Å². The molecule has 28 heavy (non-hydrogen) atoms. The molecule has 6 unspecified atom stereocenters. The van der Waals surface area contributed by atoms with Crippen molar-refractivity contribution in [2.24, 2.45) is 11.8 Å². The molecule has 0 amide bonds. The van der Waals surface area contributed by atoms with Crippen LogP contribution in [0.4, 0.5) is 0 Å². The van der Waals surface area contributed by atoms with E-state index in [2.05, 4.69) is 97.1 Å². The van der Waals surface area contributed by atoms with E-state index in [1.807, 2.05) is 0 Å². The van der Waals surface area contributed by atoms with E-state index >= 15 is 0 Å². The molecular weight excluding hydrogens is 336 g/mol. The van der Waals surface area contributed by atoms with Crippen molar-refractivity contribution in [1.29, 1.82) is 0 Å². The number of hydrogen-bond acceptors (Lipinski definition) is 0. The van der Waals surface area contributed by atoms with Crippen LogP contribution in [-0.2, 0) is 0 Å². The minimum Gasteiger partial charge on any atom is -0.0799 e. The third-order valence-corrected chi connectivity index (χ3v) is 7.58. The molecule has 0 N–H and O–H groups in total. The summed E-state index contributed by atoms with van der Waals surface area (Å²) < 4.78 is 0. The summed E-state index contributed by atoms with van der Waals surface area (Å²) in [6, 6.07) is 18.3. The highest BCUT2D eigenvalue weighted by Gasteiger charge is 2.41. The molecule has 0 bridgehead atoms. The fraction of sp³-hybridized carbons (Fsp3) is 0.286. The van der Waals surface area contributed by atoms with E-state index in [1.54, 1.807) is 22.3 Å². The summed E-state index contributed by atoms with van der Waals surface area (Å²) in [5.74, 6) is 3.72. The number of benzene rings is 2. The predicted molar refractivity (Wildman–Crippen MR) is 117 cm³/mol. The first-order valence-corrected chi connectivity index (χ1v) is 10.8. The summed E-state index contributed by atoms with van der Waals surface area (Å²) in [7, 11) is 0. The Labute approximate surface area is 168 Å². The van der Waals surface area contributed by atoms with Crippen LogP contribution >= 0.6 is 0 Å². The molecule has 0 aromatic heterocycles. The molecule has 0 heteroatoms. The molecule has 0 saturated carbocycles. The van der Waals surface area contributed by atoms with Gasteiger partial charge in [-0.1, -0.05) is 97.1 Å². The smallest absolute Gasteiger partial charge is 0.00927 e. The fourth-order valence-electron chi connectivity index (χ4n) is 6.41. The van der Waals surface area contributed by atoms with Crippen molar-refractivity contribution in [1.82, 2.24) is 0 Å². The molecule has 6 atom stereocenters. The van der Waals surface area contributed by atoms with Gasteiger partial charge in [0.25, 0.3) is 0 Å². The molecule has 4 aliphatic rings. The summed E-state index contributed by atoms with van der Waals surface area (Å²) in [5, 5.41) is 0. The van der Waals surface area contributed by atoms with Crippen LogP contribution in [0.3, 0.4) is 0 Å². The molecule has 0 saturated heterocycles. The highest BCUT2D eigenvalue weighted by molar-refractivity contribution is 5.48. The Balaban J connectivity index is 1.31. The van der Waals surface area contributed by atoms with Gasteiger partial charge in [-0.25, -0.2) is 0 Å². The van der Waals surface area contributed by atoms with Gasteiger partial charge < -0.3 is 0 Å². The highest BCUT2D eigenvalue weighted by Crippen LogP contribution is 2.55. The molecule has 0 nitrogen and oxygen atoms in total. The number of rotatable bonds is 3. The standard InChI is InChI=1S/C28H26/c1-5-13-23-19(9-1)20-10-2-6-14-24(20)27(23)17-18-28-25-15-7-3-11-21(25)22-12-4-8-16-26(22)28/h1-16,19,21,23,25,27-28H,17-18H2. The van der Waals surface area contributed by atoms with Crippen LogP contribution in [0, 0.1) is 11.8 Å². The van der Waals surface area contributed by atoms with Gasteiger partial charge >= 0.3 is 0 Å². The van der Waals surface area contributed by atoms with E-state index in [9.17, 15) is 0 Å². The zero-order valence-electron chi connectivity index (χ0n) is 16.1. The first-order chi connectivity index (χ1) is 13.9. The lowest BCUT2D eigenvalue weighted by molar-refractivity contribution is 0.410. The van der Waals surface area contributed by atoms with Gasteiger partial charge in [0, 0.05) is 11.8 Å². The van der Waals surface area contributed by atoms with Crippen molar-refractivity contribution >= 4 is 0 Å². The summed E-state index contributed by atoms with van der Waals surface area (Å²) in [5.41, 5.74) is 6.30. The Morgan fingerprint density at radius 2 is 0.857 bits per heavy atom. The summed E-state index contributed by atoms with van der Waals surface area (Å²) in [4.78, 5) is 0. The van der Waals surface area contributed by atoms with Gasteiger partial charge in [0.15, 0.2) is 0 Å². The maximum Gasteiger partial charge on any atom is 0.00927 e. The first kappa shape index (κ1) is 16.4. The SMILES string of the molecule is C1=CC2c3ccccc3C(CCC3c4ccccc4C4C=CC=CC43)C2C=C1. The van der Waals surface area contributed by atoms with Crippen molar-refractivity contribution in [3.63, 3.8) is 0 Å². The third-order valence-electron chi connectivity index (χ3n) is 7.58. The van der Waals surface area contributed by atoms with Crippen LogP contribution in [0.2, 0.25) is 0 Å². The second-order valence-corrected chi connectivity index (χ2v) is 8.79. The van der Waals surface area contributed by atoms with Gasteiger partial charge in [0.05, 0.1) is 0 Å². The van der Waals surface area contributed by atoms with Crippen LogP contribution in [0.25, 0.3) is 0 Å². The van der Waals surface area contributed by atoms with Crippen molar-refractivity contribution in [3.8, 4) is 0 Å². The van der Waals surface area contributed by atoms with Gasteiger partial charge in [0.1, 0.15) is 0 Å². The lowest BCUT2D eigenvalue weighted by atomic mass is 9.77. The van der Waals surface area contributed by atoms with E-state index in [-0.39, 0.29) is 0 Å². The molecule has 0 spiro atoms. The van der Waals surface area contributed by atoms with E-state index in [1.165, 1.54) is 12.8 Å². The summed E-state index contributed by atoms with van der Waals surface area (Å²) in [6.45, 7) is 0. The monoisotopic (exact) mass is 362 g/mol. The quantitative estimate of drug-likeness (QED) is 0.551. The van der Waals surface area contributed by atoms with Crippen LogP contribution in [0.15, 0.2) is 97.1 Å². The minimum absolute atomic E-state index is 0.576. The van der Waals surface area contributed by atoms with Crippen molar-refractivity contribution in [3.05, 3.63) is 119 Å². The van der Waals surface area contributed by atoms with Crippen LogP contribution < -0.4 is 0 Å². The van der Waals surface area contributed by atoms with Crippen LogP contribution in [0.1, 0.15) is 58.8 Å². The Morgan fingerprint density at radius 3 is 1.32 bits per heavy atom. The largest absolute Gasteiger partial charge is 0.0799 e. The van der Waals surface area contributed by atoms with Crippen molar-refractivity contribution in [2.45, 2.75) is 36.5 Å². The summed E-state index contributed by atoms with van der Waals surface area (Å²) in [6.07, 6.45) is 21.3. The van der Waals surface area contributed by atoms with Crippen LogP contribution in [-0.4, -0.2) is 0 Å². The van der Waals surface area contributed by atoms with E-state index in [0.717, 1.165) is 0 Å². The minimum atomic E-state index is 0.576. The molecule has 0 aliphatic heterocycles. The number of hydrogen-bond donors (Lipinski definition) is 0. The summed E-state index contributed by atoms with van der Waals surface area (Å²) >= 11 is 0. The Bertz CT molecular complexity index is 934. The van der Waals surface area contributed by atoms with Crippen LogP contribution in [0.5, 0.6) is 0 Å².